The summed E-state index contributed by atoms with van der Waals surface area (Å²) in [7, 11) is 0. The highest BCUT2D eigenvalue weighted by Crippen LogP contribution is 2.44. The van der Waals surface area contributed by atoms with E-state index >= 15 is 0 Å². The van der Waals surface area contributed by atoms with E-state index in [1.807, 2.05) is 24.3 Å². The number of aliphatic hydroxyl groups is 1. The van der Waals surface area contributed by atoms with Crippen LogP contribution in [-0.2, 0) is 16.1 Å². The van der Waals surface area contributed by atoms with Gasteiger partial charge in [0.2, 0.25) is 0 Å². The monoisotopic (exact) mass is 474 g/mol. The number of benzene rings is 3. The molecule has 1 aliphatic carbocycles. The number of hydrogen-bond acceptors (Lipinski definition) is 5. The lowest BCUT2D eigenvalue weighted by molar-refractivity contribution is -0.137. The fourth-order valence-corrected chi connectivity index (χ4v) is 4.31. The molecule has 0 saturated carbocycles. The van der Waals surface area contributed by atoms with Gasteiger partial charge in [0.25, 0.3) is 5.91 Å². The summed E-state index contributed by atoms with van der Waals surface area (Å²) < 4.78 is 5.53. The Morgan fingerprint density at radius 1 is 0.886 bits per heavy atom. The largest absolute Gasteiger partial charge is 0.480 e. The van der Waals surface area contributed by atoms with Gasteiger partial charge in [0.1, 0.15) is 13.2 Å². The van der Waals surface area contributed by atoms with Crippen LogP contribution < -0.4 is 5.32 Å². The van der Waals surface area contributed by atoms with E-state index in [0.717, 1.165) is 32.7 Å². The molecule has 0 heterocycles. The molecular formula is C27H26N2O6. The van der Waals surface area contributed by atoms with Gasteiger partial charge in [-0.1, -0.05) is 60.7 Å². The predicted molar refractivity (Wildman–Crippen MR) is 129 cm³/mol. The number of nitrogens with zero attached hydrogens (tertiary/aromatic N) is 1. The molecule has 3 N–H and O–H groups in total. The number of aliphatic hydroxyl groups excluding tert-OH is 1. The summed E-state index contributed by atoms with van der Waals surface area (Å²) in [6, 6.07) is 22.7. The first-order valence-corrected chi connectivity index (χ1v) is 11.3. The molecule has 8 nitrogen and oxygen atoms in total. The number of carboxylic acids is 1. The molecule has 3 aromatic carbocycles. The van der Waals surface area contributed by atoms with Crippen molar-refractivity contribution in [3.05, 3.63) is 95.1 Å². The number of rotatable bonds is 9. The zero-order chi connectivity index (χ0) is 24.8. The van der Waals surface area contributed by atoms with Gasteiger partial charge < -0.3 is 25.2 Å². The molecule has 0 bridgehead atoms. The van der Waals surface area contributed by atoms with Crippen molar-refractivity contribution in [2.24, 2.45) is 0 Å². The number of fused-ring (bicyclic) bond motifs is 3. The van der Waals surface area contributed by atoms with Gasteiger partial charge in [-0.2, -0.15) is 0 Å². The van der Waals surface area contributed by atoms with E-state index < -0.39 is 24.5 Å². The fourth-order valence-electron chi connectivity index (χ4n) is 4.31. The molecule has 8 heteroatoms. The maximum absolute atomic E-state index is 12.5. The van der Waals surface area contributed by atoms with Crippen molar-refractivity contribution in [1.29, 1.82) is 0 Å². The van der Waals surface area contributed by atoms with E-state index in [0.29, 0.717) is 5.56 Å². The molecule has 0 radical (unpaired) electrons. The second-order valence-corrected chi connectivity index (χ2v) is 8.22. The van der Waals surface area contributed by atoms with Crippen LogP contribution in [0, 0.1) is 0 Å². The minimum Gasteiger partial charge on any atom is -0.480 e. The number of alkyl carbamates (subject to hydrolysis) is 1. The first-order chi connectivity index (χ1) is 17.0. The van der Waals surface area contributed by atoms with Crippen LogP contribution in [-0.4, -0.2) is 59.4 Å². The zero-order valence-electron chi connectivity index (χ0n) is 19.0. The van der Waals surface area contributed by atoms with Gasteiger partial charge in [-0.3, -0.25) is 9.59 Å². The standard InChI is InChI=1S/C27H26N2O6/c30-14-13-29(16-25(31)32)26(33)19-11-9-18(10-12-19)15-28-27(34)35-17-24-22-7-3-1-5-20(22)21-6-2-4-8-23(21)24/h1-12,24,30H,13-17H2,(H,28,34)(H,31,32). The van der Waals surface area contributed by atoms with Gasteiger partial charge in [0.05, 0.1) is 6.61 Å². The molecule has 3 aromatic rings. The van der Waals surface area contributed by atoms with E-state index in [4.69, 9.17) is 14.9 Å². The van der Waals surface area contributed by atoms with E-state index in [1.165, 1.54) is 0 Å². The van der Waals surface area contributed by atoms with Crippen molar-refractivity contribution in [2.75, 3.05) is 26.3 Å². The van der Waals surface area contributed by atoms with Crippen LogP contribution in [0.2, 0.25) is 0 Å². The van der Waals surface area contributed by atoms with Gasteiger partial charge in [0.15, 0.2) is 0 Å². The highest BCUT2D eigenvalue weighted by molar-refractivity contribution is 5.95. The van der Waals surface area contributed by atoms with Gasteiger partial charge in [-0.25, -0.2) is 4.79 Å². The third-order valence-corrected chi connectivity index (χ3v) is 5.96. The first kappa shape index (κ1) is 24.0. The molecule has 0 spiro atoms. The molecule has 0 aliphatic heterocycles. The Morgan fingerprint density at radius 2 is 1.49 bits per heavy atom. The van der Waals surface area contributed by atoms with Crippen LogP contribution in [0.15, 0.2) is 72.8 Å². The Balaban J connectivity index is 1.32. The summed E-state index contributed by atoms with van der Waals surface area (Å²) >= 11 is 0. The molecule has 0 unspecified atom stereocenters. The van der Waals surface area contributed by atoms with Gasteiger partial charge in [0, 0.05) is 24.6 Å². The molecule has 0 atom stereocenters. The van der Waals surface area contributed by atoms with Crippen LogP contribution in [0.25, 0.3) is 11.1 Å². The topological polar surface area (TPSA) is 116 Å². The minimum absolute atomic E-state index is 0.0221. The van der Waals surface area contributed by atoms with Crippen molar-refractivity contribution in [3.8, 4) is 11.1 Å². The van der Waals surface area contributed by atoms with Crippen LogP contribution in [0.1, 0.15) is 33.0 Å². The van der Waals surface area contributed by atoms with Crippen LogP contribution in [0.4, 0.5) is 4.79 Å². The molecular weight excluding hydrogens is 448 g/mol. The van der Waals surface area contributed by atoms with E-state index in [1.54, 1.807) is 24.3 Å². The van der Waals surface area contributed by atoms with Crippen molar-refractivity contribution in [3.63, 3.8) is 0 Å². The third kappa shape index (κ3) is 5.50. The molecule has 180 valence electrons. The normalized spacial score (nSPS) is 11.9. The Morgan fingerprint density at radius 3 is 2.06 bits per heavy atom. The Hall–Kier alpha value is -4.17. The van der Waals surface area contributed by atoms with Crippen LogP contribution in [0.5, 0.6) is 0 Å². The van der Waals surface area contributed by atoms with Gasteiger partial charge in [-0.15, -0.1) is 0 Å². The van der Waals surface area contributed by atoms with Crippen molar-refractivity contribution in [1.82, 2.24) is 10.2 Å². The van der Waals surface area contributed by atoms with Crippen molar-refractivity contribution in [2.45, 2.75) is 12.5 Å². The van der Waals surface area contributed by atoms with Gasteiger partial charge >= 0.3 is 12.1 Å². The Kier molecular flexibility index (Phi) is 7.42. The number of hydrogen-bond donors (Lipinski definition) is 3. The predicted octanol–water partition coefficient (Wildman–Crippen LogP) is 3.24. The molecule has 4 rings (SSSR count). The second kappa shape index (κ2) is 10.8. The lowest BCUT2D eigenvalue weighted by atomic mass is 9.98. The maximum atomic E-state index is 12.5. The SMILES string of the molecule is O=C(O)CN(CCO)C(=O)c1ccc(CNC(=O)OCC2c3ccccc3-c3ccccc32)cc1. The molecule has 35 heavy (non-hydrogen) atoms. The summed E-state index contributed by atoms with van der Waals surface area (Å²) in [6.07, 6.45) is -0.539. The average Bonchev–Trinajstić information content (AvgIpc) is 3.19. The van der Waals surface area contributed by atoms with Crippen LogP contribution in [0.3, 0.4) is 0 Å². The summed E-state index contributed by atoms with van der Waals surface area (Å²) in [4.78, 5) is 36.9. The minimum atomic E-state index is -1.16. The Bertz CT molecular complexity index is 1180. The quantitative estimate of drug-likeness (QED) is 0.439. The third-order valence-electron chi connectivity index (χ3n) is 5.96. The number of nitrogens with one attached hydrogen (secondary N) is 1. The zero-order valence-corrected chi connectivity index (χ0v) is 19.0. The number of carbonyl (C=O) groups excluding carboxylic acids is 2. The first-order valence-electron chi connectivity index (χ1n) is 11.3. The van der Waals surface area contributed by atoms with Crippen molar-refractivity contribution >= 4 is 18.0 Å². The molecule has 2 amide bonds. The second-order valence-electron chi connectivity index (χ2n) is 8.22. The van der Waals surface area contributed by atoms with E-state index in [2.05, 4.69) is 29.6 Å². The molecule has 1 aliphatic rings. The number of carbonyl (C=O) groups is 3. The van der Waals surface area contributed by atoms with E-state index in [9.17, 15) is 14.4 Å². The molecule has 0 saturated heterocycles. The number of carboxylic acid groups (broad SMARTS) is 1. The summed E-state index contributed by atoms with van der Waals surface area (Å²) in [5.41, 5.74) is 5.65. The summed E-state index contributed by atoms with van der Waals surface area (Å²) in [5, 5.41) is 20.8. The lowest BCUT2D eigenvalue weighted by Gasteiger charge is -2.19. The molecule has 0 fully saturated rings. The highest BCUT2D eigenvalue weighted by atomic mass is 16.5. The van der Waals surface area contributed by atoms with Crippen molar-refractivity contribution < 1.29 is 29.3 Å². The van der Waals surface area contributed by atoms with Gasteiger partial charge in [-0.05, 0) is 39.9 Å². The molecule has 0 aromatic heterocycles. The summed E-state index contributed by atoms with van der Waals surface area (Å²) in [5.74, 6) is -1.67. The van der Waals surface area contributed by atoms with Crippen LogP contribution >= 0.6 is 0 Å². The average molecular weight is 475 g/mol. The Labute approximate surface area is 202 Å². The maximum Gasteiger partial charge on any atom is 0.407 e. The highest BCUT2D eigenvalue weighted by Gasteiger charge is 2.29. The number of ether oxygens (including phenoxy) is 1. The number of aliphatic carboxylic acids is 1. The lowest BCUT2D eigenvalue weighted by Crippen LogP contribution is -2.37. The van der Waals surface area contributed by atoms with E-state index in [-0.39, 0.29) is 32.2 Å². The fraction of sp³-hybridized carbons (Fsp3) is 0.222. The number of amides is 2. The summed E-state index contributed by atoms with van der Waals surface area (Å²) in [6.45, 7) is -0.472. The smallest absolute Gasteiger partial charge is 0.407 e.